The summed E-state index contributed by atoms with van der Waals surface area (Å²) in [5.74, 6) is 0.322. The molecule has 27 heavy (non-hydrogen) atoms. The van der Waals surface area contributed by atoms with Gasteiger partial charge in [0.2, 0.25) is 0 Å². The molecule has 2 aromatic carbocycles. The molecular formula is C19H23NO6S. The van der Waals surface area contributed by atoms with Gasteiger partial charge in [0.1, 0.15) is 11.5 Å². The number of esters is 1. The fourth-order valence-corrected chi connectivity index (χ4v) is 3.56. The molecule has 0 aromatic heterocycles. The standard InChI is InChI=1S/C19H23NO6S/c1-12(2)26-19(21)14-6-8-18(25-5)16(11-14)20-27(22,23)15-7-9-17(24-4)13(3)10-15/h6-12,20H,1-5H3. The van der Waals surface area contributed by atoms with Crippen molar-refractivity contribution in [1.29, 1.82) is 0 Å². The normalized spacial score (nSPS) is 11.2. The second kappa shape index (κ2) is 8.30. The Hall–Kier alpha value is -2.74. The molecule has 2 rings (SSSR count). The van der Waals surface area contributed by atoms with E-state index in [1.165, 1.54) is 44.6 Å². The smallest absolute Gasteiger partial charge is 0.338 e. The van der Waals surface area contributed by atoms with Crippen LogP contribution in [0.2, 0.25) is 0 Å². The number of aryl methyl sites for hydroxylation is 1. The Morgan fingerprint density at radius 2 is 1.63 bits per heavy atom. The fraction of sp³-hybridized carbons (Fsp3) is 0.316. The van der Waals surface area contributed by atoms with E-state index in [0.29, 0.717) is 11.3 Å². The number of ether oxygens (including phenoxy) is 3. The number of benzene rings is 2. The zero-order chi connectivity index (χ0) is 20.2. The molecule has 0 heterocycles. The first-order chi connectivity index (χ1) is 12.7. The minimum absolute atomic E-state index is 0.0676. The number of methoxy groups -OCH3 is 2. The van der Waals surface area contributed by atoms with Crippen LogP contribution in [0.3, 0.4) is 0 Å². The monoisotopic (exact) mass is 393 g/mol. The third-order valence-electron chi connectivity index (χ3n) is 3.70. The van der Waals surface area contributed by atoms with Gasteiger partial charge >= 0.3 is 5.97 Å². The third kappa shape index (κ3) is 4.91. The van der Waals surface area contributed by atoms with Gasteiger partial charge in [-0.3, -0.25) is 4.72 Å². The highest BCUT2D eigenvalue weighted by molar-refractivity contribution is 7.92. The summed E-state index contributed by atoms with van der Waals surface area (Å²) >= 11 is 0. The molecule has 7 nitrogen and oxygen atoms in total. The molecule has 0 bridgehead atoms. The number of sulfonamides is 1. The minimum Gasteiger partial charge on any atom is -0.496 e. The van der Waals surface area contributed by atoms with Gasteiger partial charge < -0.3 is 14.2 Å². The van der Waals surface area contributed by atoms with Gasteiger partial charge in [0.05, 0.1) is 36.5 Å². The van der Waals surface area contributed by atoms with E-state index in [1.54, 1.807) is 26.8 Å². The van der Waals surface area contributed by atoms with E-state index in [1.807, 2.05) is 0 Å². The minimum atomic E-state index is -3.90. The van der Waals surface area contributed by atoms with Crippen molar-refractivity contribution < 1.29 is 27.4 Å². The zero-order valence-corrected chi connectivity index (χ0v) is 16.7. The van der Waals surface area contributed by atoms with Crippen LogP contribution in [0.1, 0.15) is 29.8 Å². The average molecular weight is 393 g/mol. The van der Waals surface area contributed by atoms with E-state index in [4.69, 9.17) is 14.2 Å². The Kier molecular flexibility index (Phi) is 6.32. The van der Waals surface area contributed by atoms with Crippen molar-refractivity contribution in [3.8, 4) is 11.5 Å². The number of carbonyl (C=O) groups is 1. The van der Waals surface area contributed by atoms with E-state index >= 15 is 0 Å². The second-order valence-electron chi connectivity index (χ2n) is 6.11. The molecule has 0 saturated carbocycles. The summed E-state index contributed by atoms with van der Waals surface area (Å²) in [5, 5.41) is 0. The second-order valence-corrected chi connectivity index (χ2v) is 7.79. The van der Waals surface area contributed by atoms with Crippen LogP contribution < -0.4 is 14.2 Å². The molecule has 0 amide bonds. The summed E-state index contributed by atoms with van der Waals surface area (Å²) in [7, 11) is -0.968. The Balaban J connectivity index is 2.39. The maximum atomic E-state index is 12.8. The fourth-order valence-electron chi connectivity index (χ4n) is 2.42. The van der Waals surface area contributed by atoms with Gasteiger partial charge in [-0.05, 0) is 62.7 Å². The van der Waals surface area contributed by atoms with Gasteiger partial charge in [-0.25, -0.2) is 13.2 Å². The molecular weight excluding hydrogens is 370 g/mol. The topological polar surface area (TPSA) is 90.9 Å². The van der Waals surface area contributed by atoms with Crippen LogP contribution in [-0.4, -0.2) is 34.7 Å². The van der Waals surface area contributed by atoms with Crippen LogP contribution in [0.4, 0.5) is 5.69 Å². The molecule has 8 heteroatoms. The Morgan fingerprint density at radius 1 is 1.00 bits per heavy atom. The largest absolute Gasteiger partial charge is 0.496 e. The van der Waals surface area contributed by atoms with Crippen molar-refractivity contribution in [2.45, 2.75) is 31.8 Å². The van der Waals surface area contributed by atoms with E-state index in [0.717, 1.165) is 0 Å². The predicted octanol–water partition coefficient (Wildman–Crippen LogP) is 3.38. The number of rotatable bonds is 7. The van der Waals surface area contributed by atoms with Gasteiger partial charge in [-0.15, -0.1) is 0 Å². The SMILES string of the molecule is COc1ccc(S(=O)(=O)Nc2cc(C(=O)OC(C)C)ccc2OC)cc1C. The lowest BCUT2D eigenvalue weighted by Crippen LogP contribution is -2.16. The summed E-state index contributed by atoms with van der Waals surface area (Å²) in [5.41, 5.74) is 1.04. The van der Waals surface area contributed by atoms with Gasteiger partial charge in [0, 0.05) is 0 Å². The highest BCUT2D eigenvalue weighted by Crippen LogP contribution is 2.29. The number of nitrogens with one attached hydrogen (secondary N) is 1. The molecule has 0 aliphatic carbocycles. The van der Waals surface area contributed by atoms with Crippen LogP contribution in [0.5, 0.6) is 11.5 Å². The molecule has 0 aliphatic rings. The molecule has 2 aromatic rings. The first-order valence-electron chi connectivity index (χ1n) is 8.24. The number of hydrogen-bond acceptors (Lipinski definition) is 6. The highest BCUT2D eigenvalue weighted by Gasteiger charge is 2.20. The van der Waals surface area contributed by atoms with E-state index in [2.05, 4.69) is 4.72 Å². The van der Waals surface area contributed by atoms with Crippen molar-refractivity contribution in [3.05, 3.63) is 47.5 Å². The van der Waals surface area contributed by atoms with Crippen molar-refractivity contribution in [1.82, 2.24) is 0 Å². The molecule has 1 N–H and O–H groups in total. The molecule has 0 aliphatic heterocycles. The first-order valence-corrected chi connectivity index (χ1v) is 9.72. The predicted molar refractivity (Wildman–Crippen MR) is 102 cm³/mol. The quantitative estimate of drug-likeness (QED) is 0.725. The van der Waals surface area contributed by atoms with Crippen molar-refractivity contribution in [2.75, 3.05) is 18.9 Å². The molecule has 0 fully saturated rings. The van der Waals surface area contributed by atoms with Crippen molar-refractivity contribution in [2.24, 2.45) is 0 Å². The van der Waals surface area contributed by atoms with Crippen LogP contribution >= 0.6 is 0 Å². The van der Waals surface area contributed by atoms with E-state index in [-0.39, 0.29) is 28.0 Å². The lowest BCUT2D eigenvalue weighted by molar-refractivity contribution is 0.0378. The third-order valence-corrected chi connectivity index (χ3v) is 5.06. The molecule has 0 spiro atoms. The number of anilines is 1. The summed E-state index contributed by atoms with van der Waals surface area (Å²) in [6.07, 6.45) is -0.290. The highest BCUT2D eigenvalue weighted by atomic mass is 32.2. The van der Waals surface area contributed by atoms with Gasteiger partial charge in [0.15, 0.2) is 0 Å². The lowest BCUT2D eigenvalue weighted by atomic mass is 10.2. The summed E-state index contributed by atoms with van der Waals surface area (Å²) in [4.78, 5) is 12.2. The van der Waals surface area contributed by atoms with E-state index < -0.39 is 16.0 Å². The number of hydrogen-bond donors (Lipinski definition) is 1. The Bertz CT molecular complexity index is 937. The average Bonchev–Trinajstić information content (AvgIpc) is 2.60. The Labute approximate surface area is 159 Å². The Morgan fingerprint density at radius 3 is 2.19 bits per heavy atom. The summed E-state index contributed by atoms with van der Waals surface area (Å²) in [6.45, 7) is 5.22. The van der Waals surface area contributed by atoms with Crippen LogP contribution in [0, 0.1) is 6.92 Å². The molecule has 0 radical (unpaired) electrons. The van der Waals surface area contributed by atoms with Gasteiger partial charge in [-0.2, -0.15) is 0 Å². The van der Waals surface area contributed by atoms with E-state index in [9.17, 15) is 13.2 Å². The molecule has 0 unspecified atom stereocenters. The maximum Gasteiger partial charge on any atom is 0.338 e. The van der Waals surface area contributed by atoms with Crippen molar-refractivity contribution in [3.63, 3.8) is 0 Å². The zero-order valence-electron chi connectivity index (χ0n) is 15.9. The summed E-state index contributed by atoms with van der Waals surface area (Å²) in [6, 6.07) is 8.93. The lowest BCUT2D eigenvalue weighted by Gasteiger charge is -2.15. The van der Waals surface area contributed by atoms with Gasteiger partial charge in [-0.1, -0.05) is 0 Å². The van der Waals surface area contributed by atoms with Gasteiger partial charge in [0.25, 0.3) is 10.0 Å². The van der Waals surface area contributed by atoms with Crippen LogP contribution in [-0.2, 0) is 14.8 Å². The maximum absolute atomic E-state index is 12.8. The first kappa shape index (κ1) is 20.6. The van der Waals surface area contributed by atoms with Crippen LogP contribution in [0.25, 0.3) is 0 Å². The number of carbonyl (C=O) groups excluding carboxylic acids is 1. The summed E-state index contributed by atoms with van der Waals surface area (Å²) < 4.78 is 43.5. The van der Waals surface area contributed by atoms with Crippen LogP contribution in [0.15, 0.2) is 41.3 Å². The molecule has 0 atom stereocenters. The van der Waals surface area contributed by atoms with Crippen molar-refractivity contribution >= 4 is 21.7 Å². The molecule has 0 saturated heterocycles. The molecule has 146 valence electrons.